The van der Waals surface area contributed by atoms with Crippen LogP contribution >= 0.6 is 0 Å². The van der Waals surface area contributed by atoms with Crippen molar-refractivity contribution in [3.63, 3.8) is 0 Å². The van der Waals surface area contributed by atoms with Crippen molar-refractivity contribution in [1.82, 2.24) is 9.80 Å². The third-order valence-electron chi connectivity index (χ3n) is 6.68. The van der Waals surface area contributed by atoms with Gasteiger partial charge < -0.3 is 14.5 Å². The van der Waals surface area contributed by atoms with Crippen LogP contribution in [-0.4, -0.2) is 54.4 Å². The zero-order valence-electron chi connectivity index (χ0n) is 18.7. The summed E-state index contributed by atoms with van der Waals surface area (Å²) in [5, 5.41) is 0. The first kappa shape index (κ1) is 23.2. The van der Waals surface area contributed by atoms with Gasteiger partial charge in [-0.2, -0.15) is 8.78 Å². The molecule has 2 aromatic rings. The predicted octanol–water partition coefficient (Wildman–Crippen LogP) is 4.62. The van der Waals surface area contributed by atoms with Crippen LogP contribution in [-0.2, 0) is 11.2 Å². The minimum atomic E-state index is -3.00. The molecule has 2 amide bonds. The van der Waals surface area contributed by atoms with Gasteiger partial charge in [-0.15, -0.1) is 0 Å². The molecular weight excluding hydrogens is 426 g/mol. The molecule has 5 nitrogen and oxygen atoms in total. The molecule has 0 radical (unpaired) electrons. The number of rotatable bonds is 6. The number of ether oxygens (including phenoxy) is 1. The number of benzene rings is 2. The first-order chi connectivity index (χ1) is 16.0. The minimum Gasteiger partial charge on any atom is -0.434 e. The highest BCUT2D eigenvalue weighted by atomic mass is 19.3. The van der Waals surface area contributed by atoms with Crippen LogP contribution in [0.25, 0.3) is 0 Å². The number of amides is 2. The van der Waals surface area contributed by atoms with E-state index in [1.807, 2.05) is 11.0 Å². The van der Waals surface area contributed by atoms with Crippen molar-refractivity contribution in [3.05, 3.63) is 65.7 Å². The Balaban J connectivity index is 1.33. The molecule has 0 aliphatic carbocycles. The van der Waals surface area contributed by atoms with Crippen LogP contribution in [0.4, 0.5) is 8.78 Å². The molecule has 0 aromatic heterocycles. The van der Waals surface area contributed by atoms with Crippen LogP contribution in [0.5, 0.6) is 5.75 Å². The quantitative estimate of drug-likeness (QED) is 0.637. The van der Waals surface area contributed by atoms with Gasteiger partial charge in [-0.25, -0.2) is 0 Å². The van der Waals surface area contributed by atoms with Gasteiger partial charge in [0.25, 0.3) is 5.91 Å². The Kier molecular flexibility index (Phi) is 7.57. The fraction of sp³-hybridized carbons (Fsp3) is 0.462. The third-order valence-corrected chi connectivity index (χ3v) is 6.68. The van der Waals surface area contributed by atoms with Crippen molar-refractivity contribution in [1.29, 1.82) is 0 Å². The van der Waals surface area contributed by atoms with Crippen LogP contribution in [0.15, 0.2) is 54.6 Å². The topological polar surface area (TPSA) is 49.9 Å². The summed E-state index contributed by atoms with van der Waals surface area (Å²) in [6.07, 6.45) is 4.45. The van der Waals surface area contributed by atoms with Gasteiger partial charge in [0, 0.05) is 26.2 Å². The van der Waals surface area contributed by atoms with Crippen molar-refractivity contribution in [2.24, 2.45) is 11.8 Å². The molecule has 2 fully saturated rings. The number of para-hydroxylation sites is 1. The van der Waals surface area contributed by atoms with Crippen molar-refractivity contribution in [2.45, 2.75) is 38.7 Å². The molecular formula is C26H30F2N2O3. The number of hydrogen-bond acceptors (Lipinski definition) is 3. The van der Waals surface area contributed by atoms with Gasteiger partial charge in [-0.1, -0.05) is 42.5 Å². The predicted molar refractivity (Wildman–Crippen MR) is 121 cm³/mol. The molecule has 4 rings (SSSR count). The highest BCUT2D eigenvalue weighted by Crippen LogP contribution is 2.28. The van der Waals surface area contributed by atoms with Crippen LogP contribution < -0.4 is 4.74 Å². The molecule has 0 bridgehead atoms. The fourth-order valence-corrected chi connectivity index (χ4v) is 4.94. The number of alkyl halides is 2. The smallest absolute Gasteiger partial charge is 0.387 e. The lowest BCUT2D eigenvalue weighted by Gasteiger charge is -2.38. The lowest BCUT2D eigenvalue weighted by molar-refractivity contribution is -0.138. The highest BCUT2D eigenvalue weighted by molar-refractivity contribution is 5.97. The van der Waals surface area contributed by atoms with Crippen LogP contribution in [0.1, 0.15) is 41.6 Å². The number of halogens is 2. The van der Waals surface area contributed by atoms with E-state index in [9.17, 15) is 18.4 Å². The van der Waals surface area contributed by atoms with E-state index >= 15 is 0 Å². The zero-order valence-corrected chi connectivity index (χ0v) is 18.7. The molecule has 0 N–H and O–H groups in total. The number of likely N-dealkylation sites (tertiary alicyclic amines) is 2. The van der Waals surface area contributed by atoms with E-state index in [1.54, 1.807) is 17.0 Å². The molecule has 1 unspecified atom stereocenters. The molecule has 2 aromatic carbocycles. The van der Waals surface area contributed by atoms with E-state index in [-0.39, 0.29) is 29.0 Å². The maximum Gasteiger partial charge on any atom is 0.387 e. The van der Waals surface area contributed by atoms with Gasteiger partial charge in [0.2, 0.25) is 5.91 Å². The second-order valence-corrected chi connectivity index (χ2v) is 8.92. The summed E-state index contributed by atoms with van der Waals surface area (Å²) in [4.78, 5) is 29.8. The van der Waals surface area contributed by atoms with Crippen molar-refractivity contribution < 1.29 is 23.1 Å². The lowest BCUT2D eigenvalue weighted by Crippen LogP contribution is -2.48. The Morgan fingerprint density at radius 3 is 2.33 bits per heavy atom. The molecule has 7 heteroatoms. The Morgan fingerprint density at radius 2 is 1.61 bits per heavy atom. The number of piperidine rings is 2. The molecule has 0 spiro atoms. The Morgan fingerprint density at radius 1 is 0.909 bits per heavy atom. The first-order valence-electron chi connectivity index (χ1n) is 11.7. The summed E-state index contributed by atoms with van der Waals surface area (Å²) < 4.78 is 30.0. The van der Waals surface area contributed by atoms with E-state index in [1.165, 1.54) is 17.7 Å². The normalized spacial score (nSPS) is 19.5. The van der Waals surface area contributed by atoms with Gasteiger partial charge in [0.15, 0.2) is 0 Å². The summed E-state index contributed by atoms with van der Waals surface area (Å²) in [5.41, 5.74) is 1.44. The zero-order chi connectivity index (χ0) is 23.2. The second kappa shape index (κ2) is 10.8. The SMILES string of the molecule is O=C(c1ccccc1OC(F)F)N1CCCC(C(=O)N2CCC(Cc3ccccc3)CC2)C1. The summed E-state index contributed by atoms with van der Waals surface area (Å²) >= 11 is 0. The largest absolute Gasteiger partial charge is 0.434 e. The third kappa shape index (κ3) is 5.89. The molecule has 33 heavy (non-hydrogen) atoms. The molecule has 176 valence electrons. The minimum absolute atomic E-state index is 0.0998. The van der Waals surface area contributed by atoms with E-state index in [0.717, 1.165) is 38.8 Å². The number of hydrogen-bond donors (Lipinski definition) is 0. The monoisotopic (exact) mass is 456 g/mol. The molecule has 2 heterocycles. The first-order valence-corrected chi connectivity index (χ1v) is 11.7. The summed E-state index contributed by atoms with van der Waals surface area (Å²) in [6, 6.07) is 16.5. The van der Waals surface area contributed by atoms with Crippen LogP contribution in [0, 0.1) is 11.8 Å². The molecule has 0 saturated carbocycles. The Labute approximate surface area is 193 Å². The Bertz CT molecular complexity index is 946. The fourth-order valence-electron chi connectivity index (χ4n) is 4.94. The average Bonchev–Trinajstić information content (AvgIpc) is 2.84. The lowest BCUT2D eigenvalue weighted by atomic mass is 9.89. The van der Waals surface area contributed by atoms with Crippen molar-refractivity contribution in [3.8, 4) is 5.75 Å². The van der Waals surface area contributed by atoms with E-state index in [0.29, 0.717) is 25.4 Å². The number of carbonyl (C=O) groups is 2. The van der Waals surface area contributed by atoms with E-state index in [4.69, 9.17) is 0 Å². The van der Waals surface area contributed by atoms with Gasteiger partial charge in [-0.05, 0) is 55.7 Å². The second-order valence-electron chi connectivity index (χ2n) is 8.92. The highest BCUT2D eigenvalue weighted by Gasteiger charge is 2.34. The van der Waals surface area contributed by atoms with Crippen molar-refractivity contribution in [2.75, 3.05) is 26.2 Å². The van der Waals surface area contributed by atoms with E-state index in [2.05, 4.69) is 29.0 Å². The maximum absolute atomic E-state index is 13.2. The Hall–Kier alpha value is -2.96. The van der Waals surface area contributed by atoms with Gasteiger partial charge in [0.05, 0.1) is 11.5 Å². The molecule has 2 saturated heterocycles. The molecule has 1 atom stereocenters. The summed E-state index contributed by atoms with van der Waals surface area (Å²) in [6.45, 7) is -0.702. The summed E-state index contributed by atoms with van der Waals surface area (Å²) in [5.74, 6) is -0.0803. The van der Waals surface area contributed by atoms with E-state index < -0.39 is 6.61 Å². The van der Waals surface area contributed by atoms with Crippen LogP contribution in [0.2, 0.25) is 0 Å². The number of nitrogens with zero attached hydrogens (tertiary/aromatic N) is 2. The molecule has 2 aliphatic heterocycles. The van der Waals surface area contributed by atoms with Crippen molar-refractivity contribution >= 4 is 11.8 Å². The van der Waals surface area contributed by atoms with Gasteiger partial charge in [0.1, 0.15) is 5.75 Å². The van der Waals surface area contributed by atoms with Gasteiger partial charge >= 0.3 is 6.61 Å². The molecule has 2 aliphatic rings. The average molecular weight is 457 g/mol. The number of carbonyl (C=O) groups excluding carboxylic acids is 2. The maximum atomic E-state index is 13.2. The summed E-state index contributed by atoms with van der Waals surface area (Å²) in [7, 11) is 0. The van der Waals surface area contributed by atoms with Gasteiger partial charge in [-0.3, -0.25) is 9.59 Å². The van der Waals surface area contributed by atoms with Crippen LogP contribution in [0.3, 0.4) is 0 Å². The standard InChI is InChI=1S/C26H30F2N2O3/c27-26(28)33-23-11-5-4-10-22(23)25(32)30-14-6-9-21(18-30)24(31)29-15-12-20(13-16-29)17-19-7-2-1-3-8-19/h1-5,7-8,10-11,20-21,26H,6,9,12-18H2.